The van der Waals surface area contributed by atoms with Crippen LogP contribution in [-0.4, -0.2) is 81.6 Å². The molecule has 0 N–H and O–H groups in total. The quantitative estimate of drug-likeness (QED) is 0.541. The smallest absolute Gasteiger partial charge is 0.270 e. The van der Waals surface area contributed by atoms with Gasteiger partial charge in [0, 0.05) is 13.6 Å². The van der Waals surface area contributed by atoms with Crippen molar-refractivity contribution >= 4 is 29.4 Å². The number of nitrogens with zero attached hydrogens (tertiary/aromatic N) is 6. The number of likely N-dealkylation sites (N-methyl/N-ethyl adjacent to an activating group) is 2. The van der Waals surface area contributed by atoms with Gasteiger partial charge < -0.3 is 0 Å². The normalized spacial score (nSPS) is 24.3. The van der Waals surface area contributed by atoms with Crippen molar-refractivity contribution < 1.29 is 14.2 Å². The fraction of sp³-hybridized carbons (Fsp3) is 0.500. The van der Waals surface area contributed by atoms with E-state index in [2.05, 4.69) is 16.7 Å². The topological polar surface area (TPSA) is 71.6 Å². The van der Waals surface area contributed by atoms with E-state index in [4.69, 9.17) is 0 Å². The Morgan fingerprint density at radius 3 is 2.82 bits per heavy atom. The lowest BCUT2D eigenvalue weighted by atomic mass is 10.1. The molecule has 0 aromatic heterocycles. The zero-order valence-electron chi connectivity index (χ0n) is 13.0. The molecule has 0 bridgehead atoms. The molecule has 3 amide bonds. The van der Waals surface area contributed by atoms with E-state index < -0.39 is 6.04 Å². The van der Waals surface area contributed by atoms with Gasteiger partial charge in [-0.25, -0.2) is 9.37 Å². The van der Waals surface area contributed by atoms with Gasteiger partial charge in [0.1, 0.15) is 13.1 Å². The number of imide groups is 1. The highest BCUT2D eigenvalue weighted by atomic mass is 16.2. The van der Waals surface area contributed by atoms with Crippen LogP contribution in [0.1, 0.15) is 13.8 Å². The molecule has 8 nitrogen and oxygen atoms in total. The molecule has 0 aliphatic carbocycles. The lowest BCUT2D eigenvalue weighted by Gasteiger charge is -2.33. The molecule has 8 heteroatoms. The average molecular weight is 303 g/mol. The largest absolute Gasteiger partial charge is 0.417 e. The van der Waals surface area contributed by atoms with E-state index in [1.54, 1.807) is 25.1 Å². The Hall–Kier alpha value is -2.51. The molecule has 116 valence electrons. The predicted octanol–water partition coefficient (Wildman–Crippen LogP) is -0.0730. The second-order valence-corrected chi connectivity index (χ2v) is 5.43. The Balaban J connectivity index is 2.05. The molecule has 3 heterocycles. The van der Waals surface area contributed by atoms with Gasteiger partial charge in [0.15, 0.2) is 0 Å². The first kappa shape index (κ1) is 14.4. The molecule has 0 radical (unpaired) electrons. The van der Waals surface area contributed by atoms with Crippen molar-refractivity contribution in [3.63, 3.8) is 0 Å². The predicted molar refractivity (Wildman–Crippen MR) is 81.9 cm³/mol. The molecule has 3 rings (SSSR count). The van der Waals surface area contributed by atoms with Crippen molar-refractivity contribution in [2.24, 2.45) is 10.1 Å². The van der Waals surface area contributed by atoms with E-state index in [1.807, 2.05) is 11.5 Å². The highest BCUT2D eigenvalue weighted by Crippen LogP contribution is 2.22. The molecule has 0 saturated carbocycles. The second-order valence-electron chi connectivity index (χ2n) is 5.43. The molecule has 3 aliphatic heterocycles. The molecule has 22 heavy (non-hydrogen) atoms. The van der Waals surface area contributed by atoms with Crippen LogP contribution in [0.2, 0.25) is 0 Å². The van der Waals surface area contributed by atoms with Crippen molar-refractivity contribution in [1.82, 2.24) is 14.8 Å². The van der Waals surface area contributed by atoms with E-state index in [-0.39, 0.29) is 11.9 Å². The van der Waals surface area contributed by atoms with E-state index in [1.165, 1.54) is 9.80 Å². The maximum atomic E-state index is 12.7. The molecule has 0 spiro atoms. The highest BCUT2D eigenvalue weighted by Gasteiger charge is 2.54. The Morgan fingerprint density at radius 1 is 1.45 bits per heavy atom. The summed E-state index contributed by atoms with van der Waals surface area (Å²) in [6.45, 7) is 8.78. The monoisotopic (exact) mass is 303 g/mol. The molecule has 0 aromatic rings. The summed E-state index contributed by atoms with van der Waals surface area (Å²) in [7, 11) is 1.65. The summed E-state index contributed by atoms with van der Waals surface area (Å²) in [6.07, 6.45) is 1.73. The number of urea groups is 1. The molecule has 1 atom stereocenters. The molecule has 3 aliphatic rings. The first-order valence-corrected chi connectivity index (χ1v) is 7.23. The lowest BCUT2D eigenvalue weighted by molar-refractivity contribution is -0.527. The number of carbonyl (C=O) groups excluding carboxylic acids is 2. The van der Waals surface area contributed by atoms with Crippen molar-refractivity contribution in [3.8, 4) is 0 Å². The number of hydrazone groups is 1. The standard InChI is InChI=1S/C14H19N6O2/c1-5-7-20-13-15-11-10(19(13)8-9(3)16-20)12(21)18(6-2)14(22)17(11)4/h5,10H,1,6-8H2,2-4H3/q+1. The average Bonchev–Trinajstić information content (AvgIpc) is 2.85. The van der Waals surface area contributed by atoms with Gasteiger partial charge in [-0.2, -0.15) is 0 Å². The minimum atomic E-state index is -0.560. The van der Waals surface area contributed by atoms with Crippen molar-refractivity contribution in [2.45, 2.75) is 19.9 Å². The van der Waals surface area contributed by atoms with Gasteiger partial charge in [-0.15, -0.1) is 10.1 Å². The van der Waals surface area contributed by atoms with Crippen LogP contribution in [0.15, 0.2) is 22.7 Å². The Bertz CT molecular complexity index is 662. The van der Waals surface area contributed by atoms with Gasteiger partial charge in [-0.05, 0) is 13.8 Å². The van der Waals surface area contributed by atoms with Gasteiger partial charge in [-0.1, -0.05) is 17.6 Å². The summed E-state index contributed by atoms with van der Waals surface area (Å²) in [5.74, 6) is 0.831. The number of aliphatic imine (C=N–C) groups is 1. The molecule has 1 saturated heterocycles. The summed E-state index contributed by atoms with van der Waals surface area (Å²) < 4.78 is 1.90. The number of hydrogen-bond acceptors (Lipinski definition) is 5. The number of hydrogen-bond donors (Lipinski definition) is 0. The fourth-order valence-corrected chi connectivity index (χ4v) is 2.94. The minimum absolute atomic E-state index is 0.229. The van der Waals surface area contributed by atoms with Gasteiger partial charge in [0.25, 0.3) is 5.91 Å². The highest BCUT2D eigenvalue weighted by molar-refractivity contribution is 6.23. The Morgan fingerprint density at radius 2 is 2.18 bits per heavy atom. The van der Waals surface area contributed by atoms with Crippen LogP contribution in [0.25, 0.3) is 0 Å². The van der Waals surface area contributed by atoms with Crippen molar-refractivity contribution in [3.05, 3.63) is 12.7 Å². The third-order valence-corrected chi connectivity index (χ3v) is 3.93. The summed E-state index contributed by atoms with van der Waals surface area (Å²) in [5, 5.41) is 6.15. The summed E-state index contributed by atoms with van der Waals surface area (Å²) in [6, 6.07) is -0.897. The van der Waals surface area contributed by atoms with Crippen LogP contribution in [0.4, 0.5) is 4.79 Å². The zero-order valence-corrected chi connectivity index (χ0v) is 13.0. The molecule has 1 fully saturated rings. The number of guanidine groups is 1. The fourth-order valence-electron chi connectivity index (χ4n) is 2.94. The third-order valence-electron chi connectivity index (χ3n) is 3.93. The van der Waals surface area contributed by atoms with Crippen LogP contribution < -0.4 is 0 Å². The third kappa shape index (κ3) is 1.87. The lowest BCUT2D eigenvalue weighted by Crippen LogP contribution is -2.63. The van der Waals surface area contributed by atoms with Crippen LogP contribution in [-0.2, 0) is 4.79 Å². The zero-order chi connectivity index (χ0) is 16.0. The SMILES string of the molecule is C=CCN1N=C(C)C[N+]2=C1N=C1C2C(=O)N(CC)C(=O)N1C. The minimum Gasteiger partial charge on any atom is -0.270 e. The number of amidine groups is 1. The second kappa shape index (κ2) is 5.04. The summed E-state index contributed by atoms with van der Waals surface area (Å²) in [5.41, 5.74) is 0.887. The number of carbonyl (C=O) groups is 2. The van der Waals surface area contributed by atoms with Gasteiger partial charge in [0.05, 0.1) is 5.71 Å². The maximum absolute atomic E-state index is 12.7. The van der Waals surface area contributed by atoms with E-state index >= 15 is 0 Å². The van der Waals surface area contributed by atoms with Gasteiger partial charge >= 0.3 is 12.0 Å². The molecular weight excluding hydrogens is 284 g/mol. The van der Waals surface area contributed by atoms with Gasteiger partial charge in [0.2, 0.25) is 11.9 Å². The molecule has 1 unspecified atom stereocenters. The Labute approximate surface area is 128 Å². The summed E-state index contributed by atoms with van der Waals surface area (Å²) >= 11 is 0. The van der Waals surface area contributed by atoms with E-state index in [0.29, 0.717) is 31.4 Å². The van der Waals surface area contributed by atoms with E-state index in [0.717, 1.165) is 5.71 Å². The van der Waals surface area contributed by atoms with Crippen molar-refractivity contribution in [1.29, 1.82) is 0 Å². The van der Waals surface area contributed by atoms with Crippen LogP contribution >= 0.6 is 0 Å². The number of fused-ring (bicyclic) bond motifs is 2. The first-order valence-electron chi connectivity index (χ1n) is 7.23. The van der Waals surface area contributed by atoms with Crippen LogP contribution in [0, 0.1) is 0 Å². The summed E-state index contributed by atoms with van der Waals surface area (Å²) in [4.78, 5) is 32.1. The van der Waals surface area contributed by atoms with Crippen LogP contribution in [0.3, 0.4) is 0 Å². The van der Waals surface area contributed by atoms with E-state index in [9.17, 15) is 9.59 Å². The number of rotatable bonds is 3. The first-order chi connectivity index (χ1) is 10.5. The van der Waals surface area contributed by atoms with Crippen LogP contribution in [0.5, 0.6) is 0 Å². The Kier molecular flexibility index (Phi) is 3.31. The number of amides is 3. The molecular formula is C14H19N6O2+. The van der Waals surface area contributed by atoms with Crippen molar-refractivity contribution in [2.75, 3.05) is 26.7 Å². The van der Waals surface area contributed by atoms with Gasteiger partial charge in [-0.3, -0.25) is 14.6 Å². The molecule has 0 aromatic carbocycles. The maximum Gasteiger partial charge on any atom is 0.417 e.